The number of carbonyl (C=O) groups excluding carboxylic acids is 3. The SMILES string of the molecule is CCOC(=O)c1ccccc1NC(=O)N1CCN(C(=O)C2COc3ccccc3O2)CC1. The van der Waals surface area contributed by atoms with Crippen LogP contribution in [-0.2, 0) is 9.53 Å². The molecule has 4 rings (SSSR count). The van der Waals surface area contributed by atoms with Crippen LogP contribution in [0.25, 0.3) is 0 Å². The molecule has 1 atom stereocenters. The van der Waals surface area contributed by atoms with Gasteiger partial charge >= 0.3 is 12.0 Å². The number of carbonyl (C=O) groups is 3. The Morgan fingerprint density at radius 3 is 2.38 bits per heavy atom. The molecule has 3 amide bonds. The van der Waals surface area contributed by atoms with Crippen molar-refractivity contribution in [2.75, 3.05) is 44.7 Å². The molecule has 32 heavy (non-hydrogen) atoms. The molecule has 0 radical (unpaired) electrons. The van der Waals surface area contributed by atoms with Gasteiger partial charge in [0.1, 0.15) is 6.61 Å². The van der Waals surface area contributed by atoms with Gasteiger partial charge in [0, 0.05) is 26.2 Å². The van der Waals surface area contributed by atoms with Crippen LogP contribution >= 0.6 is 0 Å². The minimum absolute atomic E-state index is 0.154. The van der Waals surface area contributed by atoms with E-state index in [-0.39, 0.29) is 25.2 Å². The second-order valence-electron chi connectivity index (χ2n) is 7.37. The molecular formula is C23H25N3O6. The molecule has 0 saturated carbocycles. The van der Waals surface area contributed by atoms with Gasteiger partial charge in [-0.25, -0.2) is 9.59 Å². The molecule has 1 saturated heterocycles. The maximum atomic E-state index is 12.9. The van der Waals surface area contributed by atoms with E-state index in [0.29, 0.717) is 48.9 Å². The largest absolute Gasteiger partial charge is 0.485 e. The van der Waals surface area contributed by atoms with Crippen molar-refractivity contribution in [2.45, 2.75) is 13.0 Å². The molecule has 0 aliphatic carbocycles. The zero-order chi connectivity index (χ0) is 22.5. The number of benzene rings is 2. The molecule has 2 aliphatic rings. The quantitative estimate of drug-likeness (QED) is 0.735. The highest BCUT2D eigenvalue weighted by atomic mass is 16.6. The van der Waals surface area contributed by atoms with Crippen LogP contribution in [0.1, 0.15) is 17.3 Å². The lowest BCUT2D eigenvalue weighted by atomic mass is 10.2. The summed E-state index contributed by atoms with van der Waals surface area (Å²) in [7, 11) is 0. The smallest absolute Gasteiger partial charge is 0.340 e. The molecule has 1 N–H and O–H groups in total. The Balaban J connectivity index is 1.32. The van der Waals surface area contributed by atoms with Crippen molar-refractivity contribution < 1.29 is 28.6 Å². The Bertz CT molecular complexity index is 1000. The van der Waals surface area contributed by atoms with Gasteiger partial charge in [0.2, 0.25) is 6.10 Å². The first-order valence-electron chi connectivity index (χ1n) is 10.6. The van der Waals surface area contributed by atoms with Crippen LogP contribution in [-0.4, -0.2) is 73.2 Å². The molecular weight excluding hydrogens is 414 g/mol. The van der Waals surface area contributed by atoms with E-state index in [1.165, 1.54) is 0 Å². The fourth-order valence-corrected chi connectivity index (χ4v) is 3.65. The van der Waals surface area contributed by atoms with E-state index in [1.807, 2.05) is 12.1 Å². The number of fused-ring (bicyclic) bond motifs is 1. The molecule has 1 unspecified atom stereocenters. The third-order valence-corrected chi connectivity index (χ3v) is 5.33. The van der Waals surface area contributed by atoms with E-state index in [4.69, 9.17) is 14.2 Å². The number of rotatable bonds is 4. The number of urea groups is 1. The second kappa shape index (κ2) is 9.59. The Hall–Kier alpha value is -3.75. The van der Waals surface area contributed by atoms with Gasteiger partial charge in [-0.15, -0.1) is 0 Å². The maximum Gasteiger partial charge on any atom is 0.340 e. The van der Waals surface area contributed by atoms with Gasteiger partial charge in [-0.3, -0.25) is 4.79 Å². The fourth-order valence-electron chi connectivity index (χ4n) is 3.65. The molecule has 0 bridgehead atoms. The normalized spacial score (nSPS) is 17.5. The monoisotopic (exact) mass is 439 g/mol. The van der Waals surface area contributed by atoms with Gasteiger partial charge in [-0.2, -0.15) is 0 Å². The molecule has 0 aromatic heterocycles. The first kappa shape index (κ1) is 21.5. The van der Waals surface area contributed by atoms with E-state index in [0.717, 1.165) is 0 Å². The van der Waals surface area contributed by atoms with Gasteiger partial charge < -0.3 is 29.3 Å². The Labute approximate surface area is 185 Å². The summed E-state index contributed by atoms with van der Waals surface area (Å²) in [5.41, 5.74) is 0.687. The number of amides is 3. The summed E-state index contributed by atoms with van der Waals surface area (Å²) in [6.07, 6.45) is -0.707. The summed E-state index contributed by atoms with van der Waals surface area (Å²) in [5.74, 6) is 0.527. The molecule has 2 aromatic rings. The number of nitrogens with zero attached hydrogens (tertiary/aromatic N) is 2. The molecule has 9 nitrogen and oxygen atoms in total. The summed E-state index contributed by atoms with van der Waals surface area (Å²) < 4.78 is 16.5. The second-order valence-corrected chi connectivity index (χ2v) is 7.37. The van der Waals surface area contributed by atoms with E-state index >= 15 is 0 Å². The number of piperazine rings is 1. The standard InChI is InChI=1S/C23H25N3O6/c1-2-30-22(28)16-7-3-4-8-17(16)24-23(29)26-13-11-25(12-14-26)21(27)20-15-31-18-9-5-6-10-19(18)32-20/h3-10,20H,2,11-15H2,1H3,(H,24,29). The minimum Gasteiger partial charge on any atom is -0.485 e. The number of para-hydroxylation sites is 3. The molecule has 168 valence electrons. The Morgan fingerprint density at radius 1 is 0.969 bits per heavy atom. The van der Waals surface area contributed by atoms with Crippen molar-refractivity contribution in [3.63, 3.8) is 0 Å². The average Bonchev–Trinajstić information content (AvgIpc) is 2.84. The summed E-state index contributed by atoms with van der Waals surface area (Å²) in [4.78, 5) is 41.0. The Kier molecular flexibility index (Phi) is 6.44. The van der Waals surface area contributed by atoms with Crippen molar-refractivity contribution in [1.29, 1.82) is 0 Å². The molecule has 2 heterocycles. The zero-order valence-electron chi connectivity index (χ0n) is 17.8. The van der Waals surface area contributed by atoms with Crippen LogP contribution in [0, 0.1) is 0 Å². The summed E-state index contributed by atoms with van der Waals surface area (Å²) in [6, 6.07) is 13.6. The number of esters is 1. The van der Waals surface area contributed by atoms with Gasteiger partial charge in [0.05, 0.1) is 17.9 Å². The van der Waals surface area contributed by atoms with Crippen molar-refractivity contribution in [3.05, 3.63) is 54.1 Å². The number of nitrogens with one attached hydrogen (secondary N) is 1. The van der Waals surface area contributed by atoms with Crippen LogP contribution in [0.2, 0.25) is 0 Å². The van der Waals surface area contributed by atoms with Crippen LogP contribution in [0.4, 0.5) is 10.5 Å². The van der Waals surface area contributed by atoms with E-state index in [9.17, 15) is 14.4 Å². The lowest BCUT2D eigenvalue weighted by molar-refractivity contribution is -0.142. The van der Waals surface area contributed by atoms with E-state index in [1.54, 1.807) is 53.1 Å². The Morgan fingerprint density at radius 2 is 1.62 bits per heavy atom. The van der Waals surface area contributed by atoms with Crippen molar-refractivity contribution in [3.8, 4) is 11.5 Å². The number of ether oxygens (including phenoxy) is 3. The third-order valence-electron chi connectivity index (χ3n) is 5.33. The van der Waals surface area contributed by atoms with Crippen LogP contribution in [0.15, 0.2) is 48.5 Å². The highest BCUT2D eigenvalue weighted by Gasteiger charge is 2.33. The maximum absolute atomic E-state index is 12.9. The molecule has 0 spiro atoms. The highest BCUT2D eigenvalue weighted by Crippen LogP contribution is 2.31. The topological polar surface area (TPSA) is 97.4 Å². The number of anilines is 1. The zero-order valence-corrected chi connectivity index (χ0v) is 17.8. The molecule has 1 fully saturated rings. The van der Waals surface area contributed by atoms with Crippen LogP contribution in [0.5, 0.6) is 11.5 Å². The molecule has 2 aromatic carbocycles. The average molecular weight is 439 g/mol. The third kappa shape index (κ3) is 4.61. The van der Waals surface area contributed by atoms with Crippen LogP contribution in [0.3, 0.4) is 0 Å². The lowest BCUT2D eigenvalue weighted by Gasteiger charge is -2.37. The van der Waals surface area contributed by atoms with E-state index in [2.05, 4.69) is 5.32 Å². The van der Waals surface area contributed by atoms with Gasteiger partial charge in [-0.1, -0.05) is 24.3 Å². The lowest BCUT2D eigenvalue weighted by Crippen LogP contribution is -2.55. The highest BCUT2D eigenvalue weighted by molar-refractivity contribution is 6.00. The minimum atomic E-state index is -0.707. The van der Waals surface area contributed by atoms with Crippen molar-refractivity contribution in [1.82, 2.24) is 9.80 Å². The van der Waals surface area contributed by atoms with Crippen molar-refractivity contribution in [2.24, 2.45) is 0 Å². The predicted octanol–water partition coefficient (Wildman–Crippen LogP) is 2.38. The van der Waals surface area contributed by atoms with Gasteiger partial charge in [-0.05, 0) is 31.2 Å². The fraction of sp³-hybridized carbons (Fsp3) is 0.348. The molecule has 9 heteroatoms. The number of hydrogen-bond acceptors (Lipinski definition) is 6. The summed E-state index contributed by atoms with van der Waals surface area (Å²) in [6.45, 7) is 3.62. The van der Waals surface area contributed by atoms with E-state index < -0.39 is 12.1 Å². The predicted molar refractivity (Wildman–Crippen MR) is 116 cm³/mol. The molecule has 2 aliphatic heterocycles. The first-order chi connectivity index (χ1) is 15.6. The van der Waals surface area contributed by atoms with Gasteiger partial charge in [0.15, 0.2) is 11.5 Å². The number of hydrogen-bond donors (Lipinski definition) is 1. The summed E-state index contributed by atoms with van der Waals surface area (Å²) in [5, 5.41) is 2.78. The van der Waals surface area contributed by atoms with Crippen molar-refractivity contribution >= 4 is 23.6 Å². The summed E-state index contributed by atoms with van der Waals surface area (Å²) >= 11 is 0. The first-order valence-corrected chi connectivity index (χ1v) is 10.6. The van der Waals surface area contributed by atoms with Crippen LogP contribution < -0.4 is 14.8 Å². The van der Waals surface area contributed by atoms with Gasteiger partial charge in [0.25, 0.3) is 5.91 Å².